The van der Waals surface area contributed by atoms with Crippen molar-refractivity contribution >= 4 is 5.91 Å². The molecule has 1 atom stereocenters. The molecule has 6 nitrogen and oxygen atoms in total. The van der Waals surface area contributed by atoms with Crippen LogP contribution in [0.5, 0.6) is 0 Å². The molecular formula is C24H37N3O3. The fraction of sp³-hybridized carbons (Fsp3) is 0.708. The van der Waals surface area contributed by atoms with Gasteiger partial charge in [-0.15, -0.1) is 0 Å². The number of rotatable bonds is 6. The monoisotopic (exact) mass is 415 g/mol. The van der Waals surface area contributed by atoms with E-state index >= 15 is 0 Å². The number of carbonyl (C=O) groups excluding carboxylic acids is 1. The minimum absolute atomic E-state index is 0.00708. The molecule has 1 aromatic rings. The summed E-state index contributed by atoms with van der Waals surface area (Å²) in [5.74, 6) is 0.337. The molecule has 0 saturated carbocycles. The average Bonchev–Trinajstić information content (AvgIpc) is 2.80. The Bertz CT molecular complexity index is 676. The van der Waals surface area contributed by atoms with Crippen molar-refractivity contribution in [2.24, 2.45) is 5.92 Å². The SMILES string of the molecule is Cc1ccccc1CN1CCC(N2CCC(C(=O)NCC3COCCO3)CC2)CC1. The van der Waals surface area contributed by atoms with Gasteiger partial charge in [0.25, 0.3) is 0 Å². The molecule has 1 N–H and O–H groups in total. The number of nitrogens with zero attached hydrogens (tertiary/aromatic N) is 2. The van der Waals surface area contributed by atoms with Gasteiger partial charge in [0.05, 0.1) is 25.9 Å². The standard InChI is InChI=1S/C24H37N3O3/c1-19-4-2-3-5-21(19)17-26-10-8-22(9-11-26)27-12-6-20(7-13-27)24(28)25-16-23-18-29-14-15-30-23/h2-5,20,22-23H,6-18H2,1H3,(H,25,28). The summed E-state index contributed by atoms with van der Waals surface area (Å²) in [6.07, 6.45) is 4.42. The molecule has 3 heterocycles. The van der Waals surface area contributed by atoms with Gasteiger partial charge in [-0.1, -0.05) is 24.3 Å². The van der Waals surface area contributed by atoms with E-state index in [4.69, 9.17) is 9.47 Å². The Balaban J connectivity index is 1.15. The van der Waals surface area contributed by atoms with E-state index < -0.39 is 0 Å². The van der Waals surface area contributed by atoms with Gasteiger partial charge in [0, 0.05) is 25.0 Å². The summed E-state index contributed by atoms with van der Waals surface area (Å²) in [4.78, 5) is 17.8. The molecule has 1 amide bonds. The lowest BCUT2D eigenvalue weighted by atomic mass is 9.92. The summed E-state index contributed by atoms with van der Waals surface area (Å²) >= 11 is 0. The van der Waals surface area contributed by atoms with Gasteiger partial charge in [0.2, 0.25) is 5.91 Å². The van der Waals surface area contributed by atoms with Crippen molar-refractivity contribution in [1.29, 1.82) is 0 Å². The topological polar surface area (TPSA) is 54.0 Å². The van der Waals surface area contributed by atoms with Crippen molar-refractivity contribution in [2.45, 2.75) is 51.3 Å². The van der Waals surface area contributed by atoms with E-state index in [0.717, 1.165) is 32.5 Å². The number of likely N-dealkylation sites (tertiary alicyclic amines) is 2. The number of aryl methyl sites for hydroxylation is 1. The molecule has 0 spiro atoms. The molecule has 0 aliphatic carbocycles. The van der Waals surface area contributed by atoms with Crippen LogP contribution < -0.4 is 5.32 Å². The second-order valence-corrected chi connectivity index (χ2v) is 9.06. The molecule has 0 radical (unpaired) electrons. The first kappa shape index (κ1) is 21.8. The van der Waals surface area contributed by atoms with E-state index in [1.54, 1.807) is 0 Å². The first-order valence-electron chi connectivity index (χ1n) is 11.7. The van der Waals surface area contributed by atoms with Gasteiger partial charge in [-0.2, -0.15) is 0 Å². The van der Waals surface area contributed by atoms with Gasteiger partial charge in [0.15, 0.2) is 0 Å². The van der Waals surface area contributed by atoms with E-state index in [9.17, 15) is 4.79 Å². The zero-order valence-corrected chi connectivity index (χ0v) is 18.4. The Morgan fingerprint density at radius 3 is 2.53 bits per heavy atom. The minimum atomic E-state index is 0.00708. The number of ether oxygens (including phenoxy) is 2. The van der Waals surface area contributed by atoms with Crippen LogP contribution in [0.2, 0.25) is 0 Å². The van der Waals surface area contributed by atoms with Crippen molar-refractivity contribution in [3.63, 3.8) is 0 Å². The van der Waals surface area contributed by atoms with Crippen LogP contribution in [-0.2, 0) is 20.8 Å². The molecular weight excluding hydrogens is 378 g/mol. The zero-order chi connectivity index (χ0) is 20.8. The highest BCUT2D eigenvalue weighted by atomic mass is 16.6. The van der Waals surface area contributed by atoms with Crippen molar-refractivity contribution in [1.82, 2.24) is 15.1 Å². The van der Waals surface area contributed by atoms with Crippen molar-refractivity contribution < 1.29 is 14.3 Å². The number of benzene rings is 1. The molecule has 6 heteroatoms. The highest BCUT2D eigenvalue weighted by Crippen LogP contribution is 2.25. The number of piperidine rings is 2. The van der Waals surface area contributed by atoms with E-state index in [1.165, 1.54) is 37.1 Å². The van der Waals surface area contributed by atoms with Gasteiger partial charge in [-0.25, -0.2) is 0 Å². The molecule has 166 valence electrons. The highest BCUT2D eigenvalue weighted by Gasteiger charge is 2.31. The third kappa shape index (κ3) is 5.82. The maximum Gasteiger partial charge on any atom is 0.223 e. The lowest BCUT2D eigenvalue weighted by Crippen LogP contribution is -2.49. The van der Waals surface area contributed by atoms with Crippen LogP contribution in [0.4, 0.5) is 0 Å². The largest absolute Gasteiger partial charge is 0.376 e. The number of carbonyl (C=O) groups is 1. The van der Waals surface area contributed by atoms with Crippen LogP contribution >= 0.6 is 0 Å². The van der Waals surface area contributed by atoms with E-state index in [2.05, 4.69) is 46.3 Å². The second kappa shape index (κ2) is 10.7. The van der Waals surface area contributed by atoms with Crippen LogP contribution in [0.15, 0.2) is 24.3 Å². The Hall–Kier alpha value is -1.47. The maximum absolute atomic E-state index is 12.5. The summed E-state index contributed by atoms with van der Waals surface area (Å²) in [5.41, 5.74) is 2.84. The molecule has 1 unspecified atom stereocenters. The van der Waals surface area contributed by atoms with Gasteiger partial charge < -0.3 is 19.7 Å². The van der Waals surface area contributed by atoms with E-state index in [-0.39, 0.29) is 17.9 Å². The Labute approximate surface area is 180 Å². The first-order valence-corrected chi connectivity index (χ1v) is 11.7. The van der Waals surface area contributed by atoms with E-state index in [1.807, 2.05) is 0 Å². The van der Waals surface area contributed by atoms with Crippen molar-refractivity contribution in [3.05, 3.63) is 35.4 Å². The predicted molar refractivity (Wildman–Crippen MR) is 117 cm³/mol. The van der Waals surface area contributed by atoms with Gasteiger partial charge >= 0.3 is 0 Å². The summed E-state index contributed by atoms with van der Waals surface area (Å²) in [6.45, 7) is 10.1. The number of nitrogens with one attached hydrogen (secondary N) is 1. The Morgan fingerprint density at radius 1 is 1.07 bits per heavy atom. The lowest BCUT2D eigenvalue weighted by molar-refractivity contribution is -0.129. The molecule has 3 fully saturated rings. The number of amides is 1. The van der Waals surface area contributed by atoms with Gasteiger partial charge in [0.1, 0.15) is 0 Å². The Kier molecular flexibility index (Phi) is 7.77. The summed E-state index contributed by atoms with van der Waals surface area (Å²) in [5, 5.41) is 3.08. The zero-order valence-electron chi connectivity index (χ0n) is 18.4. The number of hydrogen-bond acceptors (Lipinski definition) is 5. The van der Waals surface area contributed by atoms with E-state index in [0.29, 0.717) is 32.4 Å². The van der Waals surface area contributed by atoms with Gasteiger partial charge in [-0.3, -0.25) is 9.69 Å². The normalized spacial score (nSPS) is 25.3. The molecule has 30 heavy (non-hydrogen) atoms. The van der Waals surface area contributed by atoms with Crippen LogP contribution in [0, 0.1) is 12.8 Å². The second-order valence-electron chi connectivity index (χ2n) is 9.06. The molecule has 0 aromatic heterocycles. The third-order valence-corrected chi connectivity index (χ3v) is 7.02. The van der Waals surface area contributed by atoms with Crippen LogP contribution in [-0.4, -0.2) is 80.4 Å². The minimum Gasteiger partial charge on any atom is -0.376 e. The average molecular weight is 416 g/mol. The highest BCUT2D eigenvalue weighted by molar-refractivity contribution is 5.78. The quantitative estimate of drug-likeness (QED) is 0.772. The third-order valence-electron chi connectivity index (χ3n) is 7.02. The predicted octanol–water partition coefficient (Wildman–Crippen LogP) is 2.20. The molecule has 4 rings (SSSR count). The maximum atomic E-state index is 12.5. The molecule has 3 aliphatic heterocycles. The molecule has 3 aliphatic rings. The van der Waals surface area contributed by atoms with Gasteiger partial charge in [-0.05, 0) is 69.9 Å². The molecule has 0 bridgehead atoms. The van der Waals surface area contributed by atoms with Crippen LogP contribution in [0.1, 0.15) is 36.8 Å². The first-order chi connectivity index (χ1) is 14.7. The van der Waals surface area contributed by atoms with Crippen molar-refractivity contribution in [2.75, 3.05) is 52.5 Å². The lowest BCUT2D eigenvalue weighted by Gasteiger charge is -2.41. The summed E-state index contributed by atoms with van der Waals surface area (Å²) in [6, 6.07) is 9.40. The Morgan fingerprint density at radius 2 is 1.83 bits per heavy atom. The van der Waals surface area contributed by atoms with Crippen molar-refractivity contribution in [3.8, 4) is 0 Å². The molecule has 3 saturated heterocycles. The fourth-order valence-electron chi connectivity index (χ4n) is 5.01. The number of hydrogen-bond donors (Lipinski definition) is 1. The summed E-state index contributed by atoms with van der Waals surface area (Å²) in [7, 11) is 0. The van der Waals surface area contributed by atoms with Crippen LogP contribution in [0.3, 0.4) is 0 Å². The molecule has 1 aromatic carbocycles. The smallest absolute Gasteiger partial charge is 0.223 e. The summed E-state index contributed by atoms with van der Waals surface area (Å²) < 4.78 is 11.0. The van der Waals surface area contributed by atoms with Crippen LogP contribution in [0.25, 0.3) is 0 Å². The fourth-order valence-corrected chi connectivity index (χ4v) is 5.01.